The van der Waals surface area contributed by atoms with Gasteiger partial charge in [0.2, 0.25) is 0 Å². The molecule has 0 amide bonds. The fourth-order valence-electron chi connectivity index (χ4n) is 1.37. The molecule has 0 heterocycles. The highest BCUT2D eigenvalue weighted by Crippen LogP contribution is 2.17. The summed E-state index contributed by atoms with van der Waals surface area (Å²) < 4.78 is 6.49. The minimum Gasteiger partial charge on any atom is -0.491 e. The molecule has 0 aliphatic heterocycles. The first-order valence-electron chi connectivity index (χ1n) is 6.29. The van der Waals surface area contributed by atoms with E-state index < -0.39 is 6.10 Å². The molecule has 4 heteroatoms. The maximum atomic E-state index is 9.81. The smallest absolute Gasteiger partial charge is 0.120 e. The van der Waals surface area contributed by atoms with E-state index in [0.29, 0.717) is 25.1 Å². The number of halogens is 1. The molecule has 0 saturated carbocycles. The second kappa shape index (κ2) is 7.77. The summed E-state index contributed by atoms with van der Waals surface area (Å²) >= 11 is 3.38. The lowest BCUT2D eigenvalue weighted by molar-refractivity contribution is 0.102. The molecule has 1 aromatic carbocycles. The number of hydrogen-bond acceptors (Lipinski definition) is 3. The third-order valence-corrected chi connectivity index (χ3v) is 3.41. The van der Waals surface area contributed by atoms with Crippen LogP contribution in [0.4, 0.5) is 0 Å². The van der Waals surface area contributed by atoms with Gasteiger partial charge in [-0.3, -0.25) is 0 Å². The van der Waals surface area contributed by atoms with E-state index in [1.54, 1.807) is 0 Å². The number of hydrogen-bond donors (Lipinski definition) is 2. The Bertz CT molecular complexity index is 357. The van der Waals surface area contributed by atoms with Crippen LogP contribution in [0.25, 0.3) is 0 Å². The summed E-state index contributed by atoms with van der Waals surface area (Å²) in [5, 5.41) is 13.1. The SMILES string of the molecule is CC(C)C(C)NCC(O)COc1cccc(Br)c1. The van der Waals surface area contributed by atoms with Crippen molar-refractivity contribution in [1.82, 2.24) is 5.32 Å². The van der Waals surface area contributed by atoms with Crippen LogP contribution >= 0.6 is 15.9 Å². The average molecular weight is 316 g/mol. The van der Waals surface area contributed by atoms with Crippen molar-refractivity contribution in [2.75, 3.05) is 13.2 Å². The predicted octanol–water partition coefficient (Wildman–Crippen LogP) is 2.82. The predicted molar refractivity (Wildman–Crippen MR) is 77.9 cm³/mol. The minimum absolute atomic E-state index is 0.300. The maximum Gasteiger partial charge on any atom is 0.120 e. The van der Waals surface area contributed by atoms with E-state index in [2.05, 4.69) is 42.0 Å². The van der Waals surface area contributed by atoms with Gasteiger partial charge in [-0.2, -0.15) is 0 Å². The molecule has 0 aliphatic rings. The van der Waals surface area contributed by atoms with Crippen molar-refractivity contribution in [3.05, 3.63) is 28.7 Å². The molecule has 0 spiro atoms. The minimum atomic E-state index is -0.495. The summed E-state index contributed by atoms with van der Waals surface area (Å²) in [4.78, 5) is 0. The van der Waals surface area contributed by atoms with Gasteiger partial charge < -0.3 is 15.2 Å². The lowest BCUT2D eigenvalue weighted by atomic mass is 10.1. The molecule has 1 rings (SSSR count). The number of rotatable bonds is 7. The zero-order valence-electron chi connectivity index (χ0n) is 11.2. The van der Waals surface area contributed by atoms with Crippen molar-refractivity contribution >= 4 is 15.9 Å². The molecule has 18 heavy (non-hydrogen) atoms. The Morgan fingerprint density at radius 1 is 1.33 bits per heavy atom. The highest BCUT2D eigenvalue weighted by Gasteiger charge is 2.10. The van der Waals surface area contributed by atoms with E-state index in [1.165, 1.54) is 0 Å². The first-order valence-corrected chi connectivity index (χ1v) is 7.08. The molecular formula is C14H22BrNO2. The highest BCUT2D eigenvalue weighted by molar-refractivity contribution is 9.10. The summed E-state index contributed by atoms with van der Waals surface area (Å²) in [7, 11) is 0. The first kappa shape index (κ1) is 15.5. The Morgan fingerprint density at radius 3 is 2.67 bits per heavy atom. The largest absolute Gasteiger partial charge is 0.491 e. The zero-order chi connectivity index (χ0) is 13.5. The van der Waals surface area contributed by atoms with Crippen LogP contribution in [0.15, 0.2) is 28.7 Å². The second-order valence-electron chi connectivity index (χ2n) is 4.86. The van der Waals surface area contributed by atoms with Gasteiger partial charge in [-0.25, -0.2) is 0 Å². The molecule has 0 aromatic heterocycles. The Morgan fingerprint density at radius 2 is 2.06 bits per heavy atom. The Hall–Kier alpha value is -0.580. The molecule has 0 radical (unpaired) electrons. The number of aliphatic hydroxyl groups is 1. The van der Waals surface area contributed by atoms with Crippen molar-refractivity contribution < 1.29 is 9.84 Å². The van der Waals surface area contributed by atoms with Crippen molar-refractivity contribution in [1.29, 1.82) is 0 Å². The first-order chi connectivity index (χ1) is 8.49. The summed E-state index contributed by atoms with van der Waals surface area (Å²) in [5.74, 6) is 1.32. The molecule has 0 aliphatic carbocycles. The van der Waals surface area contributed by atoms with Gasteiger partial charge in [-0.1, -0.05) is 35.8 Å². The topological polar surface area (TPSA) is 41.5 Å². The summed E-state index contributed by atoms with van der Waals surface area (Å²) in [5.41, 5.74) is 0. The summed E-state index contributed by atoms with van der Waals surface area (Å²) in [6, 6.07) is 8.00. The van der Waals surface area contributed by atoms with E-state index in [1.807, 2.05) is 24.3 Å². The fourth-order valence-corrected chi connectivity index (χ4v) is 1.74. The van der Waals surface area contributed by atoms with Crippen molar-refractivity contribution in [3.63, 3.8) is 0 Å². The maximum absolute atomic E-state index is 9.81. The van der Waals surface area contributed by atoms with Crippen molar-refractivity contribution in [2.45, 2.75) is 32.9 Å². The van der Waals surface area contributed by atoms with E-state index in [0.717, 1.165) is 10.2 Å². The van der Waals surface area contributed by atoms with Crippen molar-refractivity contribution in [3.8, 4) is 5.75 Å². The molecule has 1 aromatic rings. The van der Waals surface area contributed by atoms with Crippen LogP contribution in [-0.4, -0.2) is 30.4 Å². The summed E-state index contributed by atoms with van der Waals surface area (Å²) in [6.45, 7) is 7.28. The molecule has 102 valence electrons. The third kappa shape index (κ3) is 5.85. The lowest BCUT2D eigenvalue weighted by Gasteiger charge is -2.20. The normalized spacial score (nSPS) is 14.6. The second-order valence-corrected chi connectivity index (χ2v) is 5.78. The van der Waals surface area contributed by atoms with Gasteiger partial charge in [-0.15, -0.1) is 0 Å². The van der Waals surface area contributed by atoms with Crippen LogP contribution in [0.3, 0.4) is 0 Å². The number of ether oxygens (including phenoxy) is 1. The van der Waals surface area contributed by atoms with Crippen LogP contribution < -0.4 is 10.1 Å². The van der Waals surface area contributed by atoms with Gasteiger partial charge in [-0.05, 0) is 31.0 Å². The summed E-state index contributed by atoms with van der Waals surface area (Å²) in [6.07, 6.45) is -0.495. The molecular weight excluding hydrogens is 294 g/mol. The molecule has 0 bridgehead atoms. The van der Waals surface area contributed by atoms with Crippen LogP contribution in [0.2, 0.25) is 0 Å². The van der Waals surface area contributed by atoms with Crippen LogP contribution in [0.1, 0.15) is 20.8 Å². The number of nitrogens with one attached hydrogen (secondary N) is 1. The third-order valence-electron chi connectivity index (χ3n) is 2.91. The Labute approximate surface area is 118 Å². The lowest BCUT2D eigenvalue weighted by Crippen LogP contribution is -2.38. The standard InChI is InChI=1S/C14H22BrNO2/c1-10(2)11(3)16-8-13(17)9-18-14-6-4-5-12(15)7-14/h4-7,10-11,13,16-17H,8-9H2,1-3H3. The molecule has 2 atom stereocenters. The van der Waals surface area contributed by atoms with Gasteiger partial charge in [0.25, 0.3) is 0 Å². The zero-order valence-corrected chi connectivity index (χ0v) is 12.8. The van der Waals surface area contributed by atoms with Crippen LogP contribution in [0, 0.1) is 5.92 Å². The van der Waals surface area contributed by atoms with Gasteiger partial charge >= 0.3 is 0 Å². The molecule has 2 N–H and O–H groups in total. The number of aliphatic hydroxyl groups excluding tert-OH is 1. The van der Waals surface area contributed by atoms with Gasteiger partial charge in [0.15, 0.2) is 0 Å². The van der Waals surface area contributed by atoms with Gasteiger partial charge in [0.1, 0.15) is 18.5 Å². The van der Waals surface area contributed by atoms with Gasteiger partial charge in [0.05, 0.1) is 0 Å². The van der Waals surface area contributed by atoms with E-state index in [4.69, 9.17) is 4.74 Å². The average Bonchev–Trinajstić information content (AvgIpc) is 2.33. The van der Waals surface area contributed by atoms with Crippen molar-refractivity contribution in [2.24, 2.45) is 5.92 Å². The highest BCUT2D eigenvalue weighted by atomic mass is 79.9. The Kier molecular flexibility index (Phi) is 6.68. The molecule has 2 unspecified atom stereocenters. The molecule has 0 fully saturated rings. The van der Waals surface area contributed by atoms with E-state index in [9.17, 15) is 5.11 Å². The molecule has 0 saturated heterocycles. The van der Waals surface area contributed by atoms with Crippen LogP contribution in [-0.2, 0) is 0 Å². The fraction of sp³-hybridized carbons (Fsp3) is 0.571. The van der Waals surface area contributed by atoms with E-state index in [-0.39, 0.29) is 0 Å². The molecule has 3 nitrogen and oxygen atoms in total. The van der Waals surface area contributed by atoms with E-state index >= 15 is 0 Å². The monoisotopic (exact) mass is 315 g/mol. The van der Waals surface area contributed by atoms with Crippen LogP contribution in [0.5, 0.6) is 5.75 Å². The Balaban J connectivity index is 2.27. The van der Waals surface area contributed by atoms with Gasteiger partial charge in [0, 0.05) is 17.1 Å². The quantitative estimate of drug-likeness (QED) is 0.813. The number of benzene rings is 1.